The highest BCUT2D eigenvalue weighted by Crippen LogP contribution is 2.34. The molecule has 5 nitrogen and oxygen atoms in total. The minimum absolute atomic E-state index is 0.0844. The van der Waals surface area contributed by atoms with Crippen molar-refractivity contribution in [1.29, 1.82) is 0 Å². The van der Waals surface area contributed by atoms with Crippen molar-refractivity contribution in [2.75, 3.05) is 18.5 Å². The molecule has 0 aliphatic carbocycles. The second-order valence-corrected chi connectivity index (χ2v) is 9.06. The van der Waals surface area contributed by atoms with Gasteiger partial charge < -0.3 is 4.90 Å². The van der Waals surface area contributed by atoms with Crippen molar-refractivity contribution in [2.24, 2.45) is 0 Å². The van der Waals surface area contributed by atoms with Gasteiger partial charge in [-0.3, -0.25) is 4.79 Å². The number of carbonyl (C=O) groups excluding carboxylic acids is 1. The van der Waals surface area contributed by atoms with Crippen molar-refractivity contribution in [3.05, 3.63) is 71.1 Å². The smallest absolute Gasteiger partial charge is 0.258 e. The van der Waals surface area contributed by atoms with Crippen LogP contribution in [-0.2, 0) is 16.4 Å². The first-order valence-corrected chi connectivity index (χ1v) is 10.9. The number of hydrogen-bond donors (Lipinski definition) is 1. The van der Waals surface area contributed by atoms with Gasteiger partial charge in [0.2, 0.25) is 10.0 Å². The van der Waals surface area contributed by atoms with Crippen molar-refractivity contribution >= 4 is 33.0 Å². The third kappa shape index (κ3) is 3.18. The highest BCUT2D eigenvalue weighted by molar-refractivity contribution is 7.89. The molecule has 4 rings (SSSR count). The largest absolute Gasteiger partial charge is 0.308 e. The molecule has 0 saturated heterocycles. The van der Waals surface area contributed by atoms with Gasteiger partial charge >= 0.3 is 0 Å². The van der Waals surface area contributed by atoms with Crippen LogP contribution in [0.5, 0.6) is 0 Å². The Hall–Kier alpha value is -2.48. The maximum atomic E-state index is 13.4. The van der Waals surface area contributed by atoms with Crippen LogP contribution < -0.4 is 9.62 Å². The molecular formula is C20H18N2O3S2. The average Bonchev–Trinajstić information content (AvgIpc) is 3.37. The second-order valence-electron chi connectivity index (χ2n) is 6.23. The van der Waals surface area contributed by atoms with Gasteiger partial charge in [-0.1, -0.05) is 30.3 Å². The summed E-state index contributed by atoms with van der Waals surface area (Å²) in [6.45, 7) is 0.588. The van der Waals surface area contributed by atoms with E-state index in [9.17, 15) is 13.2 Å². The lowest BCUT2D eigenvalue weighted by Crippen LogP contribution is -2.29. The number of anilines is 1. The predicted octanol–water partition coefficient (Wildman–Crippen LogP) is 3.53. The number of nitrogens with zero attached hydrogens (tertiary/aromatic N) is 1. The summed E-state index contributed by atoms with van der Waals surface area (Å²) in [5.41, 5.74) is 3.16. The van der Waals surface area contributed by atoms with Crippen LogP contribution in [0.25, 0.3) is 10.4 Å². The predicted molar refractivity (Wildman–Crippen MR) is 108 cm³/mol. The number of nitrogens with one attached hydrogen (secondary N) is 1. The average molecular weight is 399 g/mol. The number of thiophene rings is 1. The molecule has 138 valence electrons. The molecule has 1 amide bonds. The molecule has 2 aromatic carbocycles. The molecule has 0 bridgehead atoms. The molecule has 0 radical (unpaired) electrons. The maximum absolute atomic E-state index is 13.4. The number of benzene rings is 2. The molecule has 2 heterocycles. The molecule has 7 heteroatoms. The Morgan fingerprint density at radius 3 is 2.67 bits per heavy atom. The molecule has 0 unspecified atom stereocenters. The van der Waals surface area contributed by atoms with E-state index >= 15 is 0 Å². The van der Waals surface area contributed by atoms with Crippen LogP contribution in [0.2, 0.25) is 0 Å². The minimum Gasteiger partial charge on any atom is -0.308 e. The molecule has 1 aromatic heterocycles. The van der Waals surface area contributed by atoms with E-state index in [1.165, 1.54) is 30.5 Å². The number of amides is 1. The van der Waals surface area contributed by atoms with Crippen LogP contribution in [-0.4, -0.2) is 27.9 Å². The van der Waals surface area contributed by atoms with Gasteiger partial charge in [-0.25, -0.2) is 13.1 Å². The summed E-state index contributed by atoms with van der Waals surface area (Å²) in [7, 11) is -2.28. The van der Waals surface area contributed by atoms with Crippen molar-refractivity contribution in [3.8, 4) is 10.4 Å². The van der Waals surface area contributed by atoms with E-state index in [0.717, 1.165) is 28.1 Å². The van der Waals surface area contributed by atoms with Crippen LogP contribution in [0.1, 0.15) is 15.9 Å². The summed E-state index contributed by atoms with van der Waals surface area (Å²) >= 11 is 1.52. The molecule has 0 fully saturated rings. The number of sulfonamides is 1. The number of para-hydroxylation sites is 1. The zero-order chi connectivity index (χ0) is 19.0. The fourth-order valence-corrected chi connectivity index (χ4v) is 4.85. The fraction of sp³-hybridized carbons (Fsp3) is 0.150. The third-order valence-corrected chi connectivity index (χ3v) is 7.03. The van der Waals surface area contributed by atoms with Gasteiger partial charge in [0.05, 0.1) is 4.90 Å². The Balaban J connectivity index is 1.85. The maximum Gasteiger partial charge on any atom is 0.258 e. The highest BCUT2D eigenvalue weighted by atomic mass is 32.2. The van der Waals surface area contributed by atoms with Crippen LogP contribution >= 0.6 is 11.3 Å². The lowest BCUT2D eigenvalue weighted by atomic mass is 10.0. The molecule has 0 atom stereocenters. The van der Waals surface area contributed by atoms with Gasteiger partial charge in [0.15, 0.2) is 0 Å². The molecule has 1 aliphatic rings. The summed E-state index contributed by atoms with van der Waals surface area (Å²) in [6, 6.07) is 16.4. The summed E-state index contributed by atoms with van der Waals surface area (Å²) in [6.07, 6.45) is 0.796. The lowest BCUT2D eigenvalue weighted by Gasteiger charge is -2.20. The van der Waals surface area contributed by atoms with Gasteiger partial charge in [0.25, 0.3) is 5.91 Å². The topological polar surface area (TPSA) is 66.5 Å². The molecule has 27 heavy (non-hydrogen) atoms. The van der Waals surface area contributed by atoms with E-state index in [1.807, 2.05) is 41.8 Å². The summed E-state index contributed by atoms with van der Waals surface area (Å²) in [5.74, 6) is -0.184. The Morgan fingerprint density at radius 1 is 1.11 bits per heavy atom. The van der Waals surface area contributed by atoms with Crippen LogP contribution in [0.4, 0.5) is 5.69 Å². The van der Waals surface area contributed by atoms with Crippen LogP contribution in [0.3, 0.4) is 0 Å². The molecule has 0 saturated carbocycles. The summed E-state index contributed by atoms with van der Waals surface area (Å²) < 4.78 is 26.8. The molecule has 1 N–H and O–H groups in total. The SMILES string of the molecule is CNS(=O)(=O)c1ccc(-c2cccs2)c(C(=O)N2CCc3ccccc32)c1. The van der Waals surface area contributed by atoms with E-state index < -0.39 is 10.0 Å². The standard InChI is InChI=1S/C20H18N2O3S2/c1-21-27(24,25)15-8-9-16(19-7-4-12-26-19)17(13-15)20(23)22-11-10-14-5-2-3-6-18(14)22/h2-9,12-13,21H,10-11H2,1H3. The Kier molecular flexibility index (Phi) is 4.59. The van der Waals surface area contributed by atoms with Gasteiger partial charge in [-0.2, -0.15) is 0 Å². The summed E-state index contributed by atoms with van der Waals surface area (Å²) in [4.78, 5) is 16.2. The first-order valence-electron chi connectivity index (χ1n) is 8.52. The van der Waals surface area contributed by atoms with E-state index in [2.05, 4.69) is 4.72 Å². The van der Waals surface area contributed by atoms with Gasteiger partial charge in [-0.05, 0) is 48.7 Å². The van der Waals surface area contributed by atoms with E-state index in [0.29, 0.717) is 12.1 Å². The molecule has 1 aliphatic heterocycles. The van der Waals surface area contributed by atoms with Gasteiger partial charge in [0, 0.05) is 28.2 Å². The van der Waals surface area contributed by atoms with E-state index in [4.69, 9.17) is 0 Å². The van der Waals surface area contributed by atoms with Crippen LogP contribution in [0.15, 0.2) is 64.9 Å². The van der Waals surface area contributed by atoms with E-state index in [1.54, 1.807) is 11.0 Å². The number of carbonyl (C=O) groups is 1. The number of fused-ring (bicyclic) bond motifs is 1. The Morgan fingerprint density at radius 2 is 1.93 bits per heavy atom. The van der Waals surface area contributed by atoms with Crippen molar-refractivity contribution in [1.82, 2.24) is 4.72 Å². The summed E-state index contributed by atoms with van der Waals surface area (Å²) in [5, 5.41) is 1.94. The van der Waals surface area contributed by atoms with Crippen molar-refractivity contribution < 1.29 is 13.2 Å². The monoisotopic (exact) mass is 398 g/mol. The minimum atomic E-state index is -3.64. The zero-order valence-corrected chi connectivity index (χ0v) is 16.3. The quantitative estimate of drug-likeness (QED) is 0.731. The zero-order valence-electron chi connectivity index (χ0n) is 14.7. The second kappa shape index (κ2) is 6.92. The Bertz CT molecular complexity index is 1110. The van der Waals surface area contributed by atoms with E-state index in [-0.39, 0.29) is 10.8 Å². The normalized spacial score (nSPS) is 13.6. The fourth-order valence-electron chi connectivity index (χ4n) is 3.33. The highest BCUT2D eigenvalue weighted by Gasteiger charge is 2.28. The first kappa shape index (κ1) is 17.9. The number of hydrogen-bond acceptors (Lipinski definition) is 4. The lowest BCUT2D eigenvalue weighted by molar-refractivity contribution is 0.0990. The number of rotatable bonds is 4. The van der Waals surface area contributed by atoms with Crippen molar-refractivity contribution in [2.45, 2.75) is 11.3 Å². The van der Waals surface area contributed by atoms with Crippen LogP contribution in [0, 0.1) is 0 Å². The van der Waals surface area contributed by atoms with Crippen molar-refractivity contribution in [3.63, 3.8) is 0 Å². The molecule has 0 spiro atoms. The molecule has 3 aromatic rings. The van der Waals surface area contributed by atoms with Gasteiger partial charge in [-0.15, -0.1) is 11.3 Å². The van der Waals surface area contributed by atoms with Gasteiger partial charge in [0.1, 0.15) is 0 Å². The third-order valence-electron chi connectivity index (χ3n) is 4.72. The first-order chi connectivity index (χ1) is 13.0. The Labute approximate surface area is 162 Å². The molecular weight excluding hydrogens is 380 g/mol.